The first-order valence-electron chi connectivity index (χ1n) is 9.28. The molecule has 3 heterocycles. The molecule has 0 aliphatic carbocycles. The molecule has 0 unspecified atom stereocenters. The van der Waals surface area contributed by atoms with Crippen LogP contribution >= 0.6 is 11.6 Å². The molecule has 1 aromatic carbocycles. The Hall–Kier alpha value is -2.32. The van der Waals surface area contributed by atoms with Crippen molar-refractivity contribution in [3.8, 4) is 5.88 Å². The maximum absolute atomic E-state index is 12.9. The molecule has 2 fully saturated rings. The zero-order chi connectivity index (χ0) is 20.6. The number of alkyl halides is 3. The number of piperazine rings is 1. The molecule has 29 heavy (non-hydrogen) atoms. The van der Waals surface area contributed by atoms with Crippen molar-refractivity contribution < 1.29 is 22.7 Å². The quantitative estimate of drug-likeness (QED) is 0.751. The zero-order valence-corrected chi connectivity index (χ0v) is 16.2. The monoisotopic (exact) mass is 425 g/mol. The van der Waals surface area contributed by atoms with Gasteiger partial charge in [-0.15, -0.1) is 0 Å². The summed E-state index contributed by atoms with van der Waals surface area (Å²) in [4.78, 5) is 20.8. The van der Waals surface area contributed by atoms with E-state index in [1.807, 2.05) is 0 Å². The van der Waals surface area contributed by atoms with Gasteiger partial charge in [-0.1, -0.05) is 17.7 Å². The molecule has 2 aromatic rings. The van der Waals surface area contributed by atoms with Crippen LogP contribution in [-0.4, -0.2) is 59.0 Å². The fraction of sp³-hybridized carbons (Fsp3) is 0.400. The summed E-state index contributed by atoms with van der Waals surface area (Å²) in [5.41, 5.74) is -0.754. The molecule has 0 spiro atoms. The van der Waals surface area contributed by atoms with E-state index >= 15 is 0 Å². The second-order valence-corrected chi connectivity index (χ2v) is 7.71. The molecule has 1 aromatic heterocycles. The van der Waals surface area contributed by atoms with Crippen LogP contribution < -0.4 is 4.74 Å². The summed E-state index contributed by atoms with van der Waals surface area (Å²) in [6.45, 7) is 2.31. The zero-order valence-electron chi connectivity index (χ0n) is 15.4. The molecule has 154 valence electrons. The number of ether oxygens (including phenoxy) is 1. The van der Waals surface area contributed by atoms with E-state index in [-0.39, 0.29) is 23.6 Å². The summed E-state index contributed by atoms with van der Waals surface area (Å²) >= 11 is 5.83. The maximum atomic E-state index is 12.9. The van der Waals surface area contributed by atoms with Gasteiger partial charge in [0.15, 0.2) is 0 Å². The molecule has 4 rings (SSSR count). The van der Waals surface area contributed by atoms with Gasteiger partial charge in [-0.05, 0) is 24.3 Å². The lowest BCUT2D eigenvalue weighted by Gasteiger charge is -2.37. The highest BCUT2D eigenvalue weighted by Gasteiger charge is 2.39. The first kappa shape index (κ1) is 20.0. The third kappa shape index (κ3) is 4.48. The van der Waals surface area contributed by atoms with Crippen molar-refractivity contribution in [1.82, 2.24) is 14.8 Å². The second kappa shape index (κ2) is 7.84. The predicted octanol–water partition coefficient (Wildman–Crippen LogP) is 3.73. The van der Waals surface area contributed by atoms with Crippen LogP contribution in [0.4, 0.5) is 13.2 Å². The number of carbonyl (C=O) groups is 1. The van der Waals surface area contributed by atoms with Crippen molar-refractivity contribution in [3.05, 3.63) is 58.7 Å². The lowest BCUT2D eigenvalue weighted by atomic mass is 10.1. The number of carbonyl (C=O) groups excluding carboxylic acids is 1. The first-order chi connectivity index (χ1) is 13.8. The fourth-order valence-electron chi connectivity index (χ4n) is 3.88. The SMILES string of the molecule is O=C(c1cccc(C(F)(F)F)c1)N1CCN2C[C@@H](Oc3ccc(Cl)cn3)C[C@@H]2C1. The smallest absolute Gasteiger partial charge is 0.416 e. The second-order valence-electron chi connectivity index (χ2n) is 7.27. The van der Waals surface area contributed by atoms with Gasteiger partial charge < -0.3 is 9.64 Å². The van der Waals surface area contributed by atoms with Crippen LogP contribution in [0.15, 0.2) is 42.6 Å². The van der Waals surface area contributed by atoms with Gasteiger partial charge in [-0.3, -0.25) is 9.69 Å². The Balaban J connectivity index is 1.39. The summed E-state index contributed by atoms with van der Waals surface area (Å²) in [6, 6.07) is 8.11. The Morgan fingerprint density at radius 1 is 1.17 bits per heavy atom. The van der Waals surface area contributed by atoms with E-state index in [1.54, 1.807) is 17.0 Å². The molecule has 1 amide bonds. The number of hydrogen-bond donors (Lipinski definition) is 0. The predicted molar refractivity (Wildman–Crippen MR) is 101 cm³/mol. The van der Waals surface area contributed by atoms with Crippen molar-refractivity contribution in [2.24, 2.45) is 0 Å². The molecule has 0 radical (unpaired) electrons. The number of rotatable bonds is 3. The number of benzene rings is 1. The van der Waals surface area contributed by atoms with Gasteiger partial charge in [0.2, 0.25) is 5.88 Å². The van der Waals surface area contributed by atoms with Crippen LogP contribution in [0, 0.1) is 0 Å². The number of pyridine rings is 1. The summed E-state index contributed by atoms with van der Waals surface area (Å²) in [7, 11) is 0. The average molecular weight is 426 g/mol. The van der Waals surface area contributed by atoms with E-state index < -0.39 is 11.7 Å². The highest BCUT2D eigenvalue weighted by molar-refractivity contribution is 6.30. The van der Waals surface area contributed by atoms with E-state index in [9.17, 15) is 18.0 Å². The molecule has 0 bridgehead atoms. The van der Waals surface area contributed by atoms with Gasteiger partial charge in [0, 0.05) is 56.5 Å². The molecule has 0 saturated carbocycles. The standard InChI is InChI=1S/C20H19ClF3N3O2/c21-15-4-5-18(25-10-15)29-17-9-16-11-27(7-6-26(16)12-17)19(28)13-2-1-3-14(8-13)20(22,23)24/h1-5,8,10,16-17H,6-7,9,11-12H2/t16-,17+/m1/s1. The molecule has 5 nitrogen and oxygen atoms in total. The van der Waals surface area contributed by atoms with Crippen LogP contribution in [0.2, 0.25) is 5.02 Å². The molecule has 9 heteroatoms. The topological polar surface area (TPSA) is 45.7 Å². The van der Waals surface area contributed by atoms with Gasteiger partial charge in [-0.2, -0.15) is 13.2 Å². The van der Waals surface area contributed by atoms with E-state index in [0.29, 0.717) is 30.5 Å². The van der Waals surface area contributed by atoms with E-state index in [0.717, 1.165) is 25.1 Å². The number of hydrogen-bond acceptors (Lipinski definition) is 4. The van der Waals surface area contributed by atoms with Crippen LogP contribution in [0.25, 0.3) is 0 Å². The minimum absolute atomic E-state index is 0.0581. The average Bonchev–Trinajstić information content (AvgIpc) is 3.10. The van der Waals surface area contributed by atoms with Gasteiger partial charge in [0.05, 0.1) is 10.6 Å². The van der Waals surface area contributed by atoms with E-state index in [2.05, 4.69) is 9.88 Å². The third-order valence-corrected chi connectivity index (χ3v) is 5.51. The van der Waals surface area contributed by atoms with Gasteiger partial charge in [0.25, 0.3) is 5.91 Å². The van der Waals surface area contributed by atoms with E-state index in [1.165, 1.54) is 18.3 Å². The molecule has 2 saturated heterocycles. The van der Waals surface area contributed by atoms with Crippen molar-refractivity contribution in [1.29, 1.82) is 0 Å². The Labute approximate surface area is 171 Å². The number of nitrogens with zero attached hydrogens (tertiary/aromatic N) is 3. The minimum atomic E-state index is -4.47. The van der Waals surface area contributed by atoms with Crippen LogP contribution in [0.1, 0.15) is 22.3 Å². The van der Waals surface area contributed by atoms with E-state index in [4.69, 9.17) is 16.3 Å². The Bertz CT molecular complexity index is 891. The summed E-state index contributed by atoms with van der Waals surface area (Å²) in [5, 5.41) is 0.532. The number of fused-ring (bicyclic) bond motifs is 1. The largest absolute Gasteiger partial charge is 0.473 e. The molecule has 2 aliphatic heterocycles. The Morgan fingerprint density at radius 2 is 2.00 bits per heavy atom. The third-order valence-electron chi connectivity index (χ3n) is 5.29. The van der Waals surface area contributed by atoms with Crippen LogP contribution in [0.3, 0.4) is 0 Å². The summed E-state index contributed by atoms with van der Waals surface area (Å²) in [5.74, 6) is 0.121. The highest BCUT2D eigenvalue weighted by atomic mass is 35.5. The fourth-order valence-corrected chi connectivity index (χ4v) is 3.99. The minimum Gasteiger partial charge on any atom is -0.473 e. The molecule has 2 atom stereocenters. The van der Waals surface area contributed by atoms with Gasteiger partial charge >= 0.3 is 6.18 Å². The first-order valence-corrected chi connectivity index (χ1v) is 9.66. The normalized spacial score (nSPS) is 22.4. The number of halogens is 4. The van der Waals surface area contributed by atoms with Crippen LogP contribution in [0.5, 0.6) is 5.88 Å². The van der Waals surface area contributed by atoms with Crippen LogP contribution in [-0.2, 0) is 6.18 Å². The number of aromatic nitrogens is 1. The van der Waals surface area contributed by atoms with Crippen molar-refractivity contribution in [3.63, 3.8) is 0 Å². The lowest BCUT2D eigenvalue weighted by molar-refractivity contribution is -0.137. The van der Waals surface area contributed by atoms with Crippen molar-refractivity contribution in [2.75, 3.05) is 26.2 Å². The molecular weight excluding hydrogens is 407 g/mol. The van der Waals surface area contributed by atoms with Crippen molar-refractivity contribution >= 4 is 17.5 Å². The molecular formula is C20H19ClF3N3O2. The summed E-state index contributed by atoms with van der Waals surface area (Å²) < 4.78 is 44.7. The Kier molecular flexibility index (Phi) is 5.40. The molecule has 0 N–H and O–H groups in total. The molecule has 2 aliphatic rings. The Morgan fingerprint density at radius 3 is 2.72 bits per heavy atom. The summed E-state index contributed by atoms with van der Waals surface area (Å²) in [6.07, 6.45) is -2.29. The highest BCUT2D eigenvalue weighted by Crippen LogP contribution is 2.30. The van der Waals surface area contributed by atoms with Crippen molar-refractivity contribution in [2.45, 2.75) is 24.7 Å². The lowest BCUT2D eigenvalue weighted by Crippen LogP contribution is -2.52. The maximum Gasteiger partial charge on any atom is 0.416 e. The van der Waals surface area contributed by atoms with Gasteiger partial charge in [-0.25, -0.2) is 4.98 Å². The number of amides is 1. The van der Waals surface area contributed by atoms with Gasteiger partial charge in [0.1, 0.15) is 6.10 Å².